The second-order valence-electron chi connectivity index (χ2n) is 4.01. The topological polar surface area (TPSA) is 63.2 Å². The Morgan fingerprint density at radius 2 is 2.31 bits per heavy atom. The van der Waals surface area contributed by atoms with E-state index in [0.717, 1.165) is 5.56 Å². The molecular formula is C10H13NO3S2. The highest BCUT2D eigenvalue weighted by Crippen LogP contribution is 2.17. The van der Waals surface area contributed by atoms with Gasteiger partial charge in [0.2, 0.25) is 0 Å². The van der Waals surface area contributed by atoms with Crippen LogP contribution < -0.4 is 5.32 Å². The zero-order chi connectivity index (χ0) is 11.8. The van der Waals surface area contributed by atoms with Gasteiger partial charge >= 0.3 is 0 Å². The van der Waals surface area contributed by atoms with Crippen LogP contribution in [0.15, 0.2) is 11.4 Å². The number of rotatable bonds is 2. The van der Waals surface area contributed by atoms with E-state index in [-0.39, 0.29) is 23.5 Å². The first-order chi connectivity index (χ1) is 7.48. The number of hydrogen-bond donors (Lipinski definition) is 1. The van der Waals surface area contributed by atoms with E-state index in [4.69, 9.17) is 0 Å². The Labute approximate surface area is 98.6 Å². The van der Waals surface area contributed by atoms with Crippen LogP contribution in [0.1, 0.15) is 21.7 Å². The summed E-state index contributed by atoms with van der Waals surface area (Å²) in [5, 5.41) is 4.63. The van der Waals surface area contributed by atoms with E-state index in [2.05, 4.69) is 5.32 Å². The molecule has 0 aliphatic carbocycles. The van der Waals surface area contributed by atoms with Crippen LogP contribution in [0.2, 0.25) is 0 Å². The Morgan fingerprint density at radius 3 is 2.81 bits per heavy atom. The molecule has 0 aromatic carbocycles. The number of nitrogens with one attached hydrogen (secondary N) is 1. The Kier molecular flexibility index (Phi) is 3.03. The first-order valence-corrected chi connectivity index (χ1v) is 7.73. The number of thiophene rings is 1. The van der Waals surface area contributed by atoms with E-state index in [0.29, 0.717) is 11.3 Å². The van der Waals surface area contributed by atoms with Crippen molar-refractivity contribution in [2.75, 3.05) is 11.5 Å². The summed E-state index contributed by atoms with van der Waals surface area (Å²) in [4.78, 5) is 12.5. The third kappa shape index (κ3) is 2.44. The molecule has 1 aromatic heterocycles. The molecule has 1 aliphatic heterocycles. The van der Waals surface area contributed by atoms with E-state index in [9.17, 15) is 13.2 Å². The quantitative estimate of drug-likeness (QED) is 0.861. The molecule has 1 N–H and O–H groups in total. The first kappa shape index (κ1) is 11.6. The smallest absolute Gasteiger partial charge is 0.261 e. The van der Waals surface area contributed by atoms with Crippen molar-refractivity contribution in [3.05, 3.63) is 21.9 Å². The van der Waals surface area contributed by atoms with Gasteiger partial charge in [-0.2, -0.15) is 0 Å². The number of carbonyl (C=O) groups excluding carboxylic acids is 1. The van der Waals surface area contributed by atoms with Gasteiger partial charge in [-0.15, -0.1) is 11.3 Å². The van der Waals surface area contributed by atoms with Crippen LogP contribution in [0, 0.1) is 6.92 Å². The minimum atomic E-state index is -2.93. The molecule has 1 atom stereocenters. The number of hydrogen-bond acceptors (Lipinski definition) is 4. The van der Waals surface area contributed by atoms with E-state index in [1.807, 2.05) is 18.4 Å². The molecule has 2 rings (SSSR count). The van der Waals surface area contributed by atoms with Gasteiger partial charge in [0.25, 0.3) is 5.91 Å². The summed E-state index contributed by atoms with van der Waals surface area (Å²) in [7, 11) is -2.93. The second-order valence-corrected chi connectivity index (χ2v) is 7.15. The zero-order valence-corrected chi connectivity index (χ0v) is 10.5. The maximum absolute atomic E-state index is 11.8. The summed E-state index contributed by atoms with van der Waals surface area (Å²) in [6, 6.07) is 1.66. The van der Waals surface area contributed by atoms with Crippen molar-refractivity contribution in [1.29, 1.82) is 0 Å². The van der Waals surface area contributed by atoms with Gasteiger partial charge in [0.15, 0.2) is 9.84 Å². The molecule has 1 aliphatic rings. The third-order valence-corrected chi connectivity index (χ3v) is 5.42. The van der Waals surface area contributed by atoms with Crippen molar-refractivity contribution in [1.82, 2.24) is 5.32 Å². The SMILES string of the molecule is Cc1ccsc1C(=O)NC1CCS(=O)(=O)C1. The van der Waals surface area contributed by atoms with Crippen molar-refractivity contribution in [3.63, 3.8) is 0 Å². The summed E-state index contributed by atoms with van der Waals surface area (Å²) >= 11 is 1.38. The maximum Gasteiger partial charge on any atom is 0.261 e. The Balaban J connectivity index is 2.02. The predicted molar refractivity (Wildman–Crippen MR) is 63.6 cm³/mol. The molecule has 6 heteroatoms. The highest BCUT2D eigenvalue weighted by Gasteiger charge is 2.29. The van der Waals surface area contributed by atoms with Crippen LogP contribution in [-0.2, 0) is 9.84 Å². The largest absolute Gasteiger partial charge is 0.348 e. The highest BCUT2D eigenvalue weighted by molar-refractivity contribution is 7.91. The summed E-state index contributed by atoms with van der Waals surface area (Å²) in [6.07, 6.45) is 0.526. The molecule has 0 radical (unpaired) electrons. The van der Waals surface area contributed by atoms with Gasteiger partial charge in [-0.3, -0.25) is 4.79 Å². The molecule has 1 amide bonds. The number of sulfone groups is 1. The standard InChI is InChI=1S/C10H13NO3S2/c1-7-2-4-15-9(7)10(12)11-8-3-5-16(13,14)6-8/h2,4,8H,3,5-6H2,1H3,(H,11,12). The van der Waals surface area contributed by atoms with Gasteiger partial charge in [-0.05, 0) is 30.4 Å². The fraction of sp³-hybridized carbons (Fsp3) is 0.500. The summed E-state index contributed by atoms with van der Waals surface area (Å²) in [5.41, 5.74) is 0.934. The molecular weight excluding hydrogens is 246 g/mol. The lowest BCUT2D eigenvalue weighted by molar-refractivity contribution is 0.0944. The fourth-order valence-corrected chi connectivity index (χ4v) is 4.27. The van der Waals surface area contributed by atoms with E-state index >= 15 is 0 Å². The average molecular weight is 259 g/mol. The van der Waals surface area contributed by atoms with Crippen LogP contribution in [0.3, 0.4) is 0 Å². The van der Waals surface area contributed by atoms with Gasteiger partial charge in [0.1, 0.15) is 0 Å². The van der Waals surface area contributed by atoms with E-state index < -0.39 is 9.84 Å². The van der Waals surface area contributed by atoms with Crippen LogP contribution in [-0.4, -0.2) is 31.9 Å². The molecule has 1 saturated heterocycles. The normalized spacial score (nSPS) is 23.2. The molecule has 1 unspecified atom stereocenters. The minimum absolute atomic E-state index is 0.0726. The fourth-order valence-electron chi connectivity index (χ4n) is 1.77. The molecule has 4 nitrogen and oxygen atoms in total. The summed E-state index contributed by atoms with van der Waals surface area (Å²) in [6.45, 7) is 1.87. The van der Waals surface area contributed by atoms with Gasteiger partial charge in [0.05, 0.1) is 16.4 Å². The lowest BCUT2D eigenvalue weighted by Gasteiger charge is -2.09. The Bertz CT molecular complexity index is 504. The van der Waals surface area contributed by atoms with Crippen LogP contribution >= 0.6 is 11.3 Å². The van der Waals surface area contributed by atoms with E-state index in [1.54, 1.807) is 0 Å². The average Bonchev–Trinajstić information content (AvgIpc) is 2.72. The third-order valence-electron chi connectivity index (χ3n) is 2.64. The van der Waals surface area contributed by atoms with Gasteiger partial charge < -0.3 is 5.32 Å². The maximum atomic E-state index is 11.8. The molecule has 1 fully saturated rings. The molecule has 0 bridgehead atoms. The first-order valence-electron chi connectivity index (χ1n) is 5.03. The van der Waals surface area contributed by atoms with Gasteiger partial charge in [-0.25, -0.2) is 8.42 Å². The number of aryl methyl sites for hydroxylation is 1. The zero-order valence-electron chi connectivity index (χ0n) is 8.89. The summed E-state index contributed by atoms with van der Waals surface area (Å²) in [5.74, 6) is 0.0967. The molecule has 1 aromatic rings. The van der Waals surface area contributed by atoms with Crippen LogP contribution in [0.25, 0.3) is 0 Å². The molecule has 2 heterocycles. The van der Waals surface area contributed by atoms with Crippen LogP contribution in [0.5, 0.6) is 0 Å². The number of carbonyl (C=O) groups is 1. The van der Waals surface area contributed by atoms with Crippen molar-refractivity contribution in [3.8, 4) is 0 Å². The van der Waals surface area contributed by atoms with Crippen molar-refractivity contribution >= 4 is 27.1 Å². The second kappa shape index (κ2) is 4.18. The Hall–Kier alpha value is -0.880. The lowest BCUT2D eigenvalue weighted by atomic mass is 10.2. The Morgan fingerprint density at radius 1 is 1.56 bits per heavy atom. The molecule has 0 saturated carbocycles. The predicted octanol–water partition coefficient (Wildman–Crippen LogP) is 0.973. The van der Waals surface area contributed by atoms with Crippen LogP contribution in [0.4, 0.5) is 0 Å². The van der Waals surface area contributed by atoms with Crippen molar-refractivity contribution in [2.45, 2.75) is 19.4 Å². The van der Waals surface area contributed by atoms with Gasteiger partial charge in [0, 0.05) is 6.04 Å². The number of amides is 1. The lowest BCUT2D eigenvalue weighted by Crippen LogP contribution is -2.35. The molecule has 16 heavy (non-hydrogen) atoms. The molecule has 88 valence electrons. The minimum Gasteiger partial charge on any atom is -0.348 e. The monoisotopic (exact) mass is 259 g/mol. The van der Waals surface area contributed by atoms with Crippen molar-refractivity contribution < 1.29 is 13.2 Å². The highest BCUT2D eigenvalue weighted by atomic mass is 32.2. The van der Waals surface area contributed by atoms with E-state index in [1.165, 1.54) is 11.3 Å². The molecule has 0 spiro atoms. The summed E-state index contributed by atoms with van der Waals surface area (Å²) < 4.78 is 22.5. The van der Waals surface area contributed by atoms with Crippen molar-refractivity contribution in [2.24, 2.45) is 0 Å². The van der Waals surface area contributed by atoms with Gasteiger partial charge in [-0.1, -0.05) is 0 Å².